The van der Waals surface area contributed by atoms with Crippen LogP contribution in [0.5, 0.6) is 0 Å². The Hall–Kier alpha value is -1.54. The number of rotatable bonds is 4. The van der Waals surface area contributed by atoms with E-state index in [1.165, 1.54) is 25.7 Å². The van der Waals surface area contributed by atoms with E-state index in [1.807, 2.05) is 6.07 Å². The number of ether oxygens (including phenoxy) is 1. The third-order valence-corrected chi connectivity index (χ3v) is 5.57. The molecule has 5 nitrogen and oxygen atoms in total. The molecule has 1 saturated heterocycles. The highest BCUT2D eigenvalue weighted by molar-refractivity contribution is 5.97. The number of hydrogen-bond acceptors (Lipinski definition) is 4. The molecule has 2 saturated carbocycles. The molecule has 3 rings (SSSR count). The number of carbonyl (C=O) groups is 1. The van der Waals surface area contributed by atoms with Crippen LogP contribution in [-0.2, 0) is 9.53 Å². The number of fused-ring (bicyclic) bond motifs is 2. The van der Waals surface area contributed by atoms with Crippen molar-refractivity contribution >= 4 is 5.91 Å². The summed E-state index contributed by atoms with van der Waals surface area (Å²) in [5.74, 6) is 2.25. The summed E-state index contributed by atoms with van der Waals surface area (Å²) in [6.07, 6.45) is 7.05. The van der Waals surface area contributed by atoms with Gasteiger partial charge < -0.3 is 15.0 Å². The second kappa shape index (κ2) is 6.70. The van der Waals surface area contributed by atoms with Gasteiger partial charge in [0, 0.05) is 25.3 Å². The van der Waals surface area contributed by atoms with Crippen LogP contribution in [-0.4, -0.2) is 43.2 Å². The molecular weight excluding hydrogens is 278 g/mol. The second-order valence-corrected chi connectivity index (χ2v) is 6.87. The molecule has 1 heterocycles. The van der Waals surface area contributed by atoms with E-state index >= 15 is 0 Å². The summed E-state index contributed by atoms with van der Waals surface area (Å²) in [5, 5.41) is 12.6. The quantitative estimate of drug-likeness (QED) is 0.634. The van der Waals surface area contributed by atoms with E-state index in [0.29, 0.717) is 38.3 Å². The van der Waals surface area contributed by atoms with E-state index in [9.17, 15) is 10.1 Å². The van der Waals surface area contributed by atoms with Gasteiger partial charge in [0.05, 0.1) is 13.2 Å². The molecular formula is C17H25N3O2. The van der Waals surface area contributed by atoms with Crippen molar-refractivity contribution in [1.82, 2.24) is 10.2 Å². The molecule has 0 aromatic rings. The first-order valence-electron chi connectivity index (χ1n) is 8.42. The summed E-state index contributed by atoms with van der Waals surface area (Å²) in [6.45, 7) is 4.43. The zero-order valence-electron chi connectivity index (χ0n) is 13.3. The number of amides is 1. The number of hydrogen-bond donors (Lipinski definition) is 1. The van der Waals surface area contributed by atoms with Gasteiger partial charge in [0.15, 0.2) is 0 Å². The Morgan fingerprint density at radius 1 is 1.36 bits per heavy atom. The Labute approximate surface area is 132 Å². The minimum absolute atomic E-state index is 0.182. The van der Waals surface area contributed by atoms with Gasteiger partial charge in [-0.15, -0.1) is 0 Å². The molecule has 1 N–H and O–H groups in total. The zero-order valence-corrected chi connectivity index (χ0v) is 13.3. The average Bonchev–Trinajstić information content (AvgIpc) is 3.19. The van der Waals surface area contributed by atoms with Gasteiger partial charge in [-0.1, -0.05) is 6.42 Å². The smallest absolute Gasteiger partial charge is 0.266 e. The third kappa shape index (κ3) is 3.12. The predicted molar refractivity (Wildman–Crippen MR) is 82.6 cm³/mol. The molecule has 0 aromatic carbocycles. The molecule has 0 aromatic heterocycles. The summed E-state index contributed by atoms with van der Waals surface area (Å²) in [4.78, 5) is 14.0. The van der Waals surface area contributed by atoms with Crippen molar-refractivity contribution in [3.05, 3.63) is 11.8 Å². The van der Waals surface area contributed by atoms with Crippen molar-refractivity contribution in [2.75, 3.05) is 26.3 Å². The van der Waals surface area contributed by atoms with Gasteiger partial charge in [0.2, 0.25) is 0 Å². The Morgan fingerprint density at radius 2 is 2.14 bits per heavy atom. The third-order valence-electron chi connectivity index (χ3n) is 5.57. The van der Waals surface area contributed by atoms with Crippen LogP contribution in [0.15, 0.2) is 11.8 Å². The number of nitrogens with one attached hydrogen (secondary N) is 1. The van der Waals surface area contributed by atoms with Crippen LogP contribution in [0.25, 0.3) is 0 Å². The number of nitriles is 1. The molecule has 4 unspecified atom stereocenters. The number of morpholine rings is 1. The highest BCUT2D eigenvalue weighted by atomic mass is 16.5. The molecule has 2 aliphatic carbocycles. The van der Waals surface area contributed by atoms with E-state index in [1.54, 1.807) is 11.1 Å². The van der Waals surface area contributed by atoms with Gasteiger partial charge in [-0.3, -0.25) is 4.79 Å². The fourth-order valence-corrected chi connectivity index (χ4v) is 4.32. The average molecular weight is 303 g/mol. The molecule has 4 atom stereocenters. The van der Waals surface area contributed by atoms with Crippen LogP contribution in [0.1, 0.15) is 32.6 Å². The van der Waals surface area contributed by atoms with Gasteiger partial charge in [0.1, 0.15) is 11.6 Å². The predicted octanol–water partition coefficient (Wildman–Crippen LogP) is 1.67. The van der Waals surface area contributed by atoms with Gasteiger partial charge in [-0.05, 0) is 43.9 Å². The van der Waals surface area contributed by atoms with Gasteiger partial charge in [-0.2, -0.15) is 5.26 Å². The van der Waals surface area contributed by atoms with E-state index in [2.05, 4.69) is 12.2 Å². The number of carbonyl (C=O) groups excluding carboxylic acids is 1. The van der Waals surface area contributed by atoms with Crippen LogP contribution in [0.4, 0.5) is 0 Å². The summed E-state index contributed by atoms with van der Waals surface area (Å²) >= 11 is 0. The van der Waals surface area contributed by atoms with Crippen molar-refractivity contribution in [3.63, 3.8) is 0 Å². The van der Waals surface area contributed by atoms with Gasteiger partial charge in [-0.25, -0.2) is 0 Å². The molecule has 3 aliphatic rings. The zero-order chi connectivity index (χ0) is 15.5. The molecule has 5 heteroatoms. The van der Waals surface area contributed by atoms with Crippen LogP contribution in [0.3, 0.4) is 0 Å². The maximum Gasteiger partial charge on any atom is 0.266 e. The molecule has 120 valence electrons. The van der Waals surface area contributed by atoms with Crippen LogP contribution >= 0.6 is 0 Å². The molecule has 1 amide bonds. The maximum atomic E-state index is 12.3. The SMILES string of the molecule is CC(N/C=C(/C#N)C(=O)N1CCOCC1)C1CC2CCC1C2. The van der Waals surface area contributed by atoms with Crippen molar-refractivity contribution in [1.29, 1.82) is 5.26 Å². The molecule has 3 fully saturated rings. The van der Waals surface area contributed by atoms with E-state index in [4.69, 9.17) is 4.74 Å². The van der Waals surface area contributed by atoms with Crippen LogP contribution < -0.4 is 5.32 Å². The topological polar surface area (TPSA) is 65.4 Å². The molecule has 0 spiro atoms. The Morgan fingerprint density at radius 3 is 2.73 bits per heavy atom. The fourth-order valence-electron chi connectivity index (χ4n) is 4.32. The fraction of sp³-hybridized carbons (Fsp3) is 0.765. The molecule has 0 radical (unpaired) electrons. The normalized spacial score (nSPS) is 32.6. The summed E-state index contributed by atoms with van der Waals surface area (Å²) < 4.78 is 5.25. The first kappa shape index (κ1) is 15.4. The molecule has 2 bridgehead atoms. The van der Waals surface area contributed by atoms with E-state index < -0.39 is 0 Å². The van der Waals surface area contributed by atoms with Gasteiger partial charge >= 0.3 is 0 Å². The van der Waals surface area contributed by atoms with Crippen molar-refractivity contribution < 1.29 is 9.53 Å². The van der Waals surface area contributed by atoms with Crippen molar-refractivity contribution in [3.8, 4) is 6.07 Å². The highest BCUT2D eigenvalue weighted by Crippen LogP contribution is 2.49. The molecule has 1 aliphatic heterocycles. The maximum absolute atomic E-state index is 12.3. The lowest BCUT2D eigenvalue weighted by molar-refractivity contribution is -0.130. The van der Waals surface area contributed by atoms with Crippen molar-refractivity contribution in [2.45, 2.75) is 38.6 Å². The lowest BCUT2D eigenvalue weighted by Crippen LogP contribution is -2.42. The summed E-state index contributed by atoms with van der Waals surface area (Å²) in [7, 11) is 0. The minimum Gasteiger partial charge on any atom is -0.387 e. The Kier molecular flexibility index (Phi) is 4.68. The standard InChI is InChI=1S/C17H25N3O2/c1-12(16-9-13-2-3-14(16)8-13)19-11-15(10-18)17(21)20-4-6-22-7-5-20/h11-14,16,19H,2-9H2,1H3/b15-11-. The molecule has 22 heavy (non-hydrogen) atoms. The first-order chi connectivity index (χ1) is 10.7. The van der Waals surface area contributed by atoms with E-state index in [-0.39, 0.29) is 11.5 Å². The lowest BCUT2D eigenvalue weighted by Gasteiger charge is -2.29. The van der Waals surface area contributed by atoms with Gasteiger partial charge in [0.25, 0.3) is 5.91 Å². The largest absolute Gasteiger partial charge is 0.387 e. The minimum atomic E-state index is -0.182. The van der Waals surface area contributed by atoms with Crippen LogP contribution in [0.2, 0.25) is 0 Å². The Balaban J connectivity index is 1.57. The van der Waals surface area contributed by atoms with Crippen molar-refractivity contribution in [2.24, 2.45) is 17.8 Å². The summed E-state index contributed by atoms with van der Waals surface area (Å²) in [6, 6.07) is 2.38. The monoisotopic (exact) mass is 303 g/mol. The number of nitrogens with zero attached hydrogens (tertiary/aromatic N) is 2. The van der Waals surface area contributed by atoms with Crippen LogP contribution in [0, 0.1) is 29.1 Å². The highest BCUT2D eigenvalue weighted by Gasteiger charge is 2.41. The first-order valence-corrected chi connectivity index (χ1v) is 8.42. The second-order valence-electron chi connectivity index (χ2n) is 6.87. The summed E-state index contributed by atoms with van der Waals surface area (Å²) in [5.41, 5.74) is 0.205. The van der Waals surface area contributed by atoms with E-state index in [0.717, 1.165) is 11.8 Å². The Bertz CT molecular complexity index is 491. The lowest BCUT2D eigenvalue weighted by atomic mass is 9.84.